The van der Waals surface area contributed by atoms with Gasteiger partial charge in [-0.15, -0.1) is 0 Å². The smallest absolute Gasteiger partial charge is 0.226 e. The summed E-state index contributed by atoms with van der Waals surface area (Å²) in [6.07, 6.45) is 3.08. The van der Waals surface area contributed by atoms with Crippen molar-refractivity contribution in [1.82, 2.24) is 9.97 Å². The van der Waals surface area contributed by atoms with E-state index in [2.05, 4.69) is 35.4 Å². The van der Waals surface area contributed by atoms with E-state index in [4.69, 9.17) is 4.74 Å². The van der Waals surface area contributed by atoms with Gasteiger partial charge >= 0.3 is 0 Å². The Labute approximate surface area is 108 Å². The number of ether oxygens (including phenoxy) is 1. The number of aromatic nitrogens is 2. The van der Waals surface area contributed by atoms with Crippen molar-refractivity contribution in [3.05, 3.63) is 11.8 Å². The molecular weight excluding hydrogens is 234 g/mol. The largest absolute Gasteiger partial charge is 0.478 e. The number of aryl methyl sites for hydroxylation is 1. The average molecular weight is 255 g/mol. The molecule has 1 N–H and O–H groups in total. The number of hydrogen-bond acceptors (Lipinski definition) is 5. The maximum atomic E-state index is 5.51. The van der Waals surface area contributed by atoms with E-state index in [1.54, 1.807) is 0 Å². The van der Waals surface area contributed by atoms with Gasteiger partial charge in [0, 0.05) is 23.6 Å². The number of nitrogens with one attached hydrogen (secondary N) is 1. The maximum absolute atomic E-state index is 5.51. The maximum Gasteiger partial charge on any atom is 0.226 e. The fourth-order valence-electron chi connectivity index (χ4n) is 1.22. The lowest BCUT2D eigenvalue weighted by molar-refractivity contribution is 0.305. The second-order valence-electron chi connectivity index (χ2n) is 3.95. The van der Waals surface area contributed by atoms with Crippen LogP contribution >= 0.6 is 11.8 Å². The zero-order valence-electron chi connectivity index (χ0n) is 11.0. The van der Waals surface area contributed by atoms with Crippen molar-refractivity contribution >= 4 is 17.7 Å². The van der Waals surface area contributed by atoms with Gasteiger partial charge in [0.15, 0.2) is 0 Å². The van der Waals surface area contributed by atoms with Gasteiger partial charge in [0.2, 0.25) is 11.8 Å². The van der Waals surface area contributed by atoms with E-state index in [1.165, 1.54) is 0 Å². The Bertz CT molecular complexity index is 347. The summed E-state index contributed by atoms with van der Waals surface area (Å²) in [5.41, 5.74) is 0.922. The van der Waals surface area contributed by atoms with Gasteiger partial charge in [-0.1, -0.05) is 13.8 Å². The van der Waals surface area contributed by atoms with Crippen LogP contribution in [0.2, 0.25) is 0 Å². The summed E-state index contributed by atoms with van der Waals surface area (Å²) in [6.45, 7) is 7.74. The number of rotatable bonds is 7. The molecule has 1 aromatic rings. The van der Waals surface area contributed by atoms with Crippen LogP contribution in [-0.4, -0.2) is 34.6 Å². The first-order valence-electron chi connectivity index (χ1n) is 5.90. The van der Waals surface area contributed by atoms with Crippen molar-refractivity contribution in [2.45, 2.75) is 32.4 Å². The quantitative estimate of drug-likeness (QED) is 0.811. The molecule has 0 aliphatic carbocycles. The molecule has 1 rings (SSSR count). The van der Waals surface area contributed by atoms with Gasteiger partial charge in [-0.05, 0) is 19.6 Å². The standard InChI is InChI=1S/C12H21N3OS/c1-5-6-16-11-7-9(2)14-12(15-11)13-8-10(3)17-4/h7,10H,5-6,8H2,1-4H3,(H,13,14,15). The highest BCUT2D eigenvalue weighted by atomic mass is 32.2. The summed E-state index contributed by atoms with van der Waals surface area (Å²) in [4.78, 5) is 8.66. The second kappa shape index (κ2) is 7.37. The minimum absolute atomic E-state index is 0.541. The fraction of sp³-hybridized carbons (Fsp3) is 0.667. The second-order valence-corrected chi connectivity index (χ2v) is 5.22. The fourth-order valence-corrected chi connectivity index (χ4v) is 1.47. The van der Waals surface area contributed by atoms with Crippen LogP contribution in [0.25, 0.3) is 0 Å². The number of hydrogen-bond donors (Lipinski definition) is 1. The van der Waals surface area contributed by atoms with Crippen LogP contribution in [0.15, 0.2) is 6.07 Å². The molecule has 96 valence electrons. The molecule has 0 saturated heterocycles. The van der Waals surface area contributed by atoms with E-state index in [-0.39, 0.29) is 0 Å². The Morgan fingerprint density at radius 2 is 2.24 bits per heavy atom. The molecule has 0 saturated carbocycles. The van der Waals surface area contributed by atoms with Crippen LogP contribution in [0.1, 0.15) is 26.0 Å². The van der Waals surface area contributed by atoms with Crippen LogP contribution in [0.3, 0.4) is 0 Å². The third-order valence-electron chi connectivity index (χ3n) is 2.23. The van der Waals surface area contributed by atoms with Gasteiger partial charge in [-0.2, -0.15) is 16.7 Å². The Hall–Kier alpha value is -0.970. The highest BCUT2D eigenvalue weighted by Crippen LogP contribution is 2.13. The SMILES string of the molecule is CCCOc1cc(C)nc(NCC(C)SC)n1. The highest BCUT2D eigenvalue weighted by Gasteiger charge is 2.04. The van der Waals surface area contributed by atoms with Gasteiger partial charge in [-0.25, -0.2) is 4.98 Å². The van der Waals surface area contributed by atoms with Crippen LogP contribution in [-0.2, 0) is 0 Å². The van der Waals surface area contributed by atoms with Gasteiger partial charge in [0.25, 0.3) is 0 Å². The molecule has 4 nitrogen and oxygen atoms in total. The van der Waals surface area contributed by atoms with Crippen molar-refractivity contribution in [1.29, 1.82) is 0 Å². The first-order valence-corrected chi connectivity index (χ1v) is 7.19. The topological polar surface area (TPSA) is 47.0 Å². The average Bonchev–Trinajstić information content (AvgIpc) is 2.32. The Kier molecular flexibility index (Phi) is 6.11. The normalized spacial score (nSPS) is 12.2. The first kappa shape index (κ1) is 14.1. The summed E-state index contributed by atoms with van der Waals surface area (Å²) >= 11 is 1.82. The number of anilines is 1. The summed E-state index contributed by atoms with van der Waals surface area (Å²) in [7, 11) is 0. The zero-order chi connectivity index (χ0) is 12.7. The summed E-state index contributed by atoms with van der Waals surface area (Å²) in [5, 5.41) is 3.77. The van der Waals surface area contributed by atoms with Crippen molar-refractivity contribution in [2.75, 3.05) is 24.7 Å². The first-order chi connectivity index (χ1) is 8.15. The Balaban J connectivity index is 2.61. The predicted molar refractivity (Wildman–Crippen MR) is 74.0 cm³/mol. The molecule has 0 spiro atoms. The third kappa shape index (κ3) is 5.26. The molecule has 1 aromatic heterocycles. The van der Waals surface area contributed by atoms with Gasteiger partial charge < -0.3 is 10.1 Å². The molecule has 0 aromatic carbocycles. The number of nitrogens with zero attached hydrogens (tertiary/aromatic N) is 2. The van der Waals surface area contributed by atoms with Crippen molar-refractivity contribution < 1.29 is 4.74 Å². The molecule has 0 radical (unpaired) electrons. The lowest BCUT2D eigenvalue weighted by Crippen LogP contribution is -2.15. The number of thioether (sulfide) groups is 1. The molecule has 0 bridgehead atoms. The van der Waals surface area contributed by atoms with E-state index >= 15 is 0 Å². The van der Waals surface area contributed by atoms with Crippen LogP contribution in [0, 0.1) is 6.92 Å². The molecule has 0 aliphatic heterocycles. The minimum Gasteiger partial charge on any atom is -0.478 e. The summed E-state index contributed by atoms with van der Waals surface area (Å²) < 4.78 is 5.51. The molecular formula is C12H21N3OS. The van der Waals surface area contributed by atoms with E-state index < -0.39 is 0 Å². The molecule has 0 amide bonds. The van der Waals surface area contributed by atoms with E-state index in [0.717, 1.165) is 18.7 Å². The van der Waals surface area contributed by atoms with Crippen LogP contribution < -0.4 is 10.1 Å². The van der Waals surface area contributed by atoms with Gasteiger partial charge in [0.1, 0.15) is 0 Å². The molecule has 1 unspecified atom stereocenters. The van der Waals surface area contributed by atoms with Crippen LogP contribution in [0.5, 0.6) is 5.88 Å². The molecule has 17 heavy (non-hydrogen) atoms. The van der Waals surface area contributed by atoms with E-state index in [9.17, 15) is 0 Å². The third-order valence-corrected chi connectivity index (χ3v) is 3.21. The van der Waals surface area contributed by atoms with E-state index in [1.807, 2.05) is 24.8 Å². The minimum atomic E-state index is 0.541. The summed E-state index contributed by atoms with van der Waals surface area (Å²) in [6, 6.07) is 1.86. The Morgan fingerprint density at radius 3 is 2.88 bits per heavy atom. The molecule has 0 aliphatic rings. The Morgan fingerprint density at radius 1 is 1.47 bits per heavy atom. The van der Waals surface area contributed by atoms with Crippen molar-refractivity contribution in [2.24, 2.45) is 0 Å². The highest BCUT2D eigenvalue weighted by molar-refractivity contribution is 7.99. The van der Waals surface area contributed by atoms with Crippen molar-refractivity contribution in [3.63, 3.8) is 0 Å². The lowest BCUT2D eigenvalue weighted by Gasteiger charge is -2.11. The van der Waals surface area contributed by atoms with Crippen LogP contribution in [0.4, 0.5) is 5.95 Å². The van der Waals surface area contributed by atoms with E-state index in [0.29, 0.717) is 23.7 Å². The molecule has 5 heteroatoms. The lowest BCUT2D eigenvalue weighted by atomic mass is 10.4. The molecule has 1 atom stereocenters. The molecule has 1 heterocycles. The van der Waals surface area contributed by atoms with Gasteiger partial charge in [-0.3, -0.25) is 0 Å². The predicted octanol–water partition coefficient (Wildman–Crippen LogP) is 2.74. The van der Waals surface area contributed by atoms with Gasteiger partial charge in [0.05, 0.1) is 6.61 Å². The molecule has 0 fully saturated rings. The van der Waals surface area contributed by atoms with Crippen molar-refractivity contribution in [3.8, 4) is 5.88 Å². The zero-order valence-corrected chi connectivity index (χ0v) is 11.8. The summed E-state index contributed by atoms with van der Waals surface area (Å²) in [5.74, 6) is 1.30. The monoisotopic (exact) mass is 255 g/mol.